The topological polar surface area (TPSA) is 78.7 Å². The maximum absolute atomic E-state index is 12.4. The van der Waals surface area contributed by atoms with Crippen molar-refractivity contribution in [3.8, 4) is 0 Å². The Morgan fingerprint density at radius 2 is 2.21 bits per heavy atom. The SMILES string of the molecule is CC1CN(S(=O)(=O)c2cnn(CCO)c2)CCN1C. The molecule has 0 amide bonds. The van der Waals surface area contributed by atoms with Crippen LogP contribution >= 0.6 is 0 Å². The van der Waals surface area contributed by atoms with Crippen molar-refractivity contribution >= 4 is 10.0 Å². The van der Waals surface area contributed by atoms with Crippen molar-refractivity contribution in [2.45, 2.75) is 24.4 Å². The number of piperazine rings is 1. The molecule has 1 saturated heterocycles. The minimum atomic E-state index is -3.47. The van der Waals surface area contributed by atoms with Crippen LogP contribution in [0.25, 0.3) is 0 Å². The van der Waals surface area contributed by atoms with Gasteiger partial charge in [0.15, 0.2) is 0 Å². The van der Waals surface area contributed by atoms with Crippen molar-refractivity contribution in [3.63, 3.8) is 0 Å². The molecule has 0 bridgehead atoms. The predicted octanol–water partition coefficient (Wildman–Crippen LogP) is -0.800. The molecule has 2 rings (SSSR count). The average Bonchev–Trinajstić information content (AvgIpc) is 2.82. The lowest BCUT2D eigenvalue weighted by atomic mass is 10.2. The summed E-state index contributed by atoms with van der Waals surface area (Å²) in [6.07, 6.45) is 2.81. The van der Waals surface area contributed by atoms with E-state index in [4.69, 9.17) is 5.11 Å². The molecule has 8 heteroatoms. The van der Waals surface area contributed by atoms with Crippen LogP contribution in [0.5, 0.6) is 0 Å². The fraction of sp³-hybridized carbons (Fsp3) is 0.727. The highest BCUT2D eigenvalue weighted by Gasteiger charge is 2.31. The Morgan fingerprint density at radius 1 is 1.47 bits per heavy atom. The summed E-state index contributed by atoms with van der Waals surface area (Å²) in [4.78, 5) is 2.33. The zero-order valence-electron chi connectivity index (χ0n) is 11.2. The number of rotatable bonds is 4. The summed E-state index contributed by atoms with van der Waals surface area (Å²) in [6.45, 7) is 3.96. The Labute approximate surface area is 113 Å². The Kier molecular flexibility index (Phi) is 4.24. The van der Waals surface area contributed by atoms with Gasteiger partial charge in [-0.15, -0.1) is 0 Å². The lowest BCUT2D eigenvalue weighted by molar-refractivity contribution is 0.159. The van der Waals surface area contributed by atoms with Crippen LogP contribution in [-0.2, 0) is 16.6 Å². The van der Waals surface area contributed by atoms with Gasteiger partial charge in [0.2, 0.25) is 10.0 Å². The second-order valence-corrected chi connectivity index (χ2v) is 6.79. The van der Waals surface area contributed by atoms with Gasteiger partial charge in [-0.2, -0.15) is 9.40 Å². The number of aliphatic hydroxyl groups excluding tert-OH is 1. The minimum Gasteiger partial charge on any atom is -0.394 e. The molecule has 1 aliphatic rings. The number of aromatic nitrogens is 2. The van der Waals surface area contributed by atoms with Crippen molar-refractivity contribution < 1.29 is 13.5 Å². The van der Waals surface area contributed by atoms with Gasteiger partial charge < -0.3 is 10.0 Å². The van der Waals surface area contributed by atoms with Crippen LogP contribution in [0.2, 0.25) is 0 Å². The van der Waals surface area contributed by atoms with E-state index >= 15 is 0 Å². The van der Waals surface area contributed by atoms with Gasteiger partial charge in [-0.3, -0.25) is 4.68 Å². The van der Waals surface area contributed by atoms with E-state index in [1.165, 1.54) is 21.4 Å². The van der Waals surface area contributed by atoms with Gasteiger partial charge in [0.1, 0.15) is 4.90 Å². The Morgan fingerprint density at radius 3 is 2.84 bits per heavy atom. The van der Waals surface area contributed by atoms with Crippen molar-refractivity contribution in [2.75, 3.05) is 33.3 Å². The van der Waals surface area contributed by atoms with Gasteiger partial charge in [0, 0.05) is 31.9 Å². The molecule has 1 unspecified atom stereocenters. The molecule has 1 aliphatic heterocycles. The highest BCUT2D eigenvalue weighted by atomic mass is 32.2. The van der Waals surface area contributed by atoms with Gasteiger partial charge in [-0.1, -0.05) is 0 Å². The highest BCUT2D eigenvalue weighted by Crippen LogP contribution is 2.18. The van der Waals surface area contributed by atoms with Gasteiger partial charge >= 0.3 is 0 Å². The molecular weight excluding hydrogens is 268 g/mol. The maximum Gasteiger partial charge on any atom is 0.246 e. The first-order valence-electron chi connectivity index (χ1n) is 6.29. The number of hydrogen-bond donors (Lipinski definition) is 1. The van der Waals surface area contributed by atoms with E-state index in [-0.39, 0.29) is 17.5 Å². The summed E-state index contributed by atoms with van der Waals surface area (Å²) in [5.74, 6) is 0. The Balaban J connectivity index is 2.17. The van der Waals surface area contributed by atoms with E-state index in [2.05, 4.69) is 10.00 Å². The maximum atomic E-state index is 12.4. The summed E-state index contributed by atoms with van der Waals surface area (Å²) in [7, 11) is -1.48. The van der Waals surface area contributed by atoms with Crippen LogP contribution < -0.4 is 0 Å². The van der Waals surface area contributed by atoms with E-state index in [0.717, 1.165) is 6.54 Å². The minimum absolute atomic E-state index is 0.0628. The Hall–Kier alpha value is -0.960. The van der Waals surface area contributed by atoms with Crippen LogP contribution in [0.15, 0.2) is 17.3 Å². The van der Waals surface area contributed by atoms with Crippen LogP contribution in [-0.4, -0.2) is 71.8 Å². The molecule has 1 fully saturated rings. The van der Waals surface area contributed by atoms with Crippen molar-refractivity contribution in [1.29, 1.82) is 0 Å². The molecule has 1 aromatic heterocycles. The number of sulfonamides is 1. The molecule has 19 heavy (non-hydrogen) atoms. The lowest BCUT2D eigenvalue weighted by Crippen LogP contribution is -2.51. The zero-order valence-corrected chi connectivity index (χ0v) is 12.0. The third-order valence-electron chi connectivity index (χ3n) is 3.50. The summed E-state index contributed by atoms with van der Waals surface area (Å²) < 4.78 is 27.8. The number of hydrogen-bond acceptors (Lipinski definition) is 5. The van der Waals surface area contributed by atoms with Crippen molar-refractivity contribution in [2.24, 2.45) is 0 Å². The molecule has 0 saturated carbocycles. The van der Waals surface area contributed by atoms with Crippen LogP contribution in [0.4, 0.5) is 0 Å². The molecule has 1 atom stereocenters. The zero-order chi connectivity index (χ0) is 14.0. The van der Waals surface area contributed by atoms with Crippen molar-refractivity contribution in [1.82, 2.24) is 19.0 Å². The molecule has 7 nitrogen and oxygen atoms in total. The summed E-state index contributed by atoms with van der Waals surface area (Å²) in [5, 5.41) is 12.8. The number of aliphatic hydroxyl groups is 1. The first-order valence-corrected chi connectivity index (χ1v) is 7.73. The molecule has 0 aliphatic carbocycles. The second-order valence-electron chi connectivity index (χ2n) is 4.86. The quantitative estimate of drug-likeness (QED) is 0.785. The van der Waals surface area contributed by atoms with Crippen LogP contribution in [0.3, 0.4) is 0 Å². The fourth-order valence-corrected chi connectivity index (χ4v) is 3.55. The Bertz CT molecular complexity index is 528. The largest absolute Gasteiger partial charge is 0.394 e. The fourth-order valence-electron chi connectivity index (χ4n) is 2.08. The third kappa shape index (κ3) is 2.97. The second kappa shape index (κ2) is 5.58. The molecule has 1 aromatic rings. The van der Waals surface area contributed by atoms with Gasteiger partial charge in [0.05, 0.1) is 19.3 Å². The van der Waals surface area contributed by atoms with E-state index < -0.39 is 10.0 Å². The molecular formula is C11H20N4O3S. The van der Waals surface area contributed by atoms with Gasteiger partial charge in [-0.05, 0) is 14.0 Å². The third-order valence-corrected chi connectivity index (χ3v) is 5.32. The molecule has 1 N–H and O–H groups in total. The first-order chi connectivity index (χ1) is 8.95. The first kappa shape index (κ1) is 14.4. The standard InChI is InChI=1S/C11H20N4O3S/c1-10-8-15(4-3-13(10)2)19(17,18)11-7-12-14(9-11)5-6-16/h7,9-10,16H,3-6,8H2,1-2H3. The van der Waals surface area contributed by atoms with E-state index in [1.807, 2.05) is 14.0 Å². The smallest absolute Gasteiger partial charge is 0.246 e. The number of nitrogens with zero attached hydrogens (tertiary/aromatic N) is 4. The summed E-state index contributed by atoms with van der Waals surface area (Å²) >= 11 is 0. The van der Waals surface area contributed by atoms with Gasteiger partial charge in [-0.25, -0.2) is 8.42 Å². The van der Waals surface area contributed by atoms with E-state index in [0.29, 0.717) is 19.6 Å². The van der Waals surface area contributed by atoms with Crippen LogP contribution in [0.1, 0.15) is 6.92 Å². The molecule has 108 valence electrons. The van der Waals surface area contributed by atoms with E-state index in [1.54, 1.807) is 0 Å². The lowest BCUT2D eigenvalue weighted by Gasteiger charge is -2.36. The summed E-state index contributed by atoms with van der Waals surface area (Å²) in [6, 6.07) is 0.205. The predicted molar refractivity (Wildman–Crippen MR) is 70.2 cm³/mol. The summed E-state index contributed by atoms with van der Waals surface area (Å²) in [5.41, 5.74) is 0. The van der Waals surface area contributed by atoms with E-state index in [9.17, 15) is 8.42 Å². The highest BCUT2D eigenvalue weighted by molar-refractivity contribution is 7.89. The molecule has 0 spiro atoms. The normalized spacial score (nSPS) is 22.8. The monoisotopic (exact) mass is 288 g/mol. The molecule has 2 heterocycles. The number of likely N-dealkylation sites (N-methyl/N-ethyl adjacent to an activating group) is 1. The van der Waals surface area contributed by atoms with Crippen LogP contribution in [0, 0.1) is 0 Å². The van der Waals surface area contributed by atoms with Gasteiger partial charge in [0.25, 0.3) is 0 Å². The molecule has 0 aromatic carbocycles. The van der Waals surface area contributed by atoms with Crippen molar-refractivity contribution in [3.05, 3.63) is 12.4 Å². The molecule has 0 radical (unpaired) electrons. The average molecular weight is 288 g/mol.